The zero-order chi connectivity index (χ0) is 13.6. The van der Waals surface area contributed by atoms with E-state index in [1.54, 1.807) is 19.1 Å². The number of carbonyl (C=O) groups is 2. The number of ether oxygens (including phenoxy) is 1. The number of aromatic nitrogens is 2. The van der Waals surface area contributed by atoms with E-state index >= 15 is 0 Å². The highest BCUT2D eigenvalue weighted by atomic mass is 16.5. The van der Waals surface area contributed by atoms with Crippen molar-refractivity contribution in [3.8, 4) is 0 Å². The Bertz CT molecular complexity index is 743. The standard InChI is InChI=1S/C12H11N3O4/c1-2-19-11(17)9-5-3-7-8(15-12(18)14-7)4-6(5)13-10(9)16/h3-4,9H,2H2,1H3,(H,13,16)(H2,14,15,18). The van der Waals surface area contributed by atoms with Gasteiger partial charge in [0.05, 0.1) is 17.6 Å². The molecule has 1 unspecified atom stereocenters. The van der Waals surface area contributed by atoms with Gasteiger partial charge in [0.2, 0.25) is 5.91 Å². The van der Waals surface area contributed by atoms with E-state index in [1.165, 1.54) is 0 Å². The molecule has 0 radical (unpaired) electrons. The lowest BCUT2D eigenvalue weighted by Crippen LogP contribution is -2.22. The van der Waals surface area contributed by atoms with Crippen molar-refractivity contribution in [2.45, 2.75) is 12.8 Å². The van der Waals surface area contributed by atoms with E-state index in [-0.39, 0.29) is 12.3 Å². The van der Waals surface area contributed by atoms with Crippen LogP contribution in [0.4, 0.5) is 5.69 Å². The quantitative estimate of drug-likeness (QED) is 0.539. The Morgan fingerprint density at radius 1 is 1.26 bits per heavy atom. The van der Waals surface area contributed by atoms with Crippen LogP contribution >= 0.6 is 0 Å². The Morgan fingerprint density at radius 2 is 1.95 bits per heavy atom. The van der Waals surface area contributed by atoms with Crippen LogP contribution in [0, 0.1) is 0 Å². The first kappa shape index (κ1) is 11.5. The number of carbonyl (C=O) groups excluding carboxylic acids is 2. The number of amides is 1. The number of hydrogen-bond donors (Lipinski definition) is 3. The van der Waals surface area contributed by atoms with E-state index in [4.69, 9.17) is 4.74 Å². The van der Waals surface area contributed by atoms with Gasteiger partial charge >= 0.3 is 11.7 Å². The lowest BCUT2D eigenvalue weighted by molar-refractivity contribution is -0.147. The molecule has 3 N–H and O–H groups in total. The van der Waals surface area contributed by atoms with Crippen LogP contribution in [-0.4, -0.2) is 28.5 Å². The Morgan fingerprint density at radius 3 is 2.63 bits per heavy atom. The van der Waals surface area contributed by atoms with E-state index in [0.717, 1.165) is 0 Å². The van der Waals surface area contributed by atoms with Crippen LogP contribution in [0.3, 0.4) is 0 Å². The lowest BCUT2D eigenvalue weighted by atomic mass is 10.0. The molecule has 1 atom stereocenters. The monoisotopic (exact) mass is 261 g/mol. The summed E-state index contributed by atoms with van der Waals surface area (Å²) in [6.07, 6.45) is 0. The van der Waals surface area contributed by atoms with Gasteiger partial charge < -0.3 is 20.0 Å². The van der Waals surface area contributed by atoms with Gasteiger partial charge in [-0.3, -0.25) is 9.59 Å². The number of fused-ring (bicyclic) bond motifs is 2. The maximum atomic E-state index is 11.8. The van der Waals surface area contributed by atoms with Crippen molar-refractivity contribution in [2.75, 3.05) is 11.9 Å². The van der Waals surface area contributed by atoms with Crippen molar-refractivity contribution in [2.24, 2.45) is 0 Å². The molecule has 0 aliphatic carbocycles. The topological polar surface area (TPSA) is 104 Å². The maximum Gasteiger partial charge on any atom is 0.323 e. The predicted octanol–water partition coefficient (Wildman–Crippen LogP) is 0.455. The molecular formula is C12H11N3O4. The van der Waals surface area contributed by atoms with E-state index in [1.807, 2.05) is 0 Å². The summed E-state index contributed by atoms with van der Waals surface area (Å²) in [5, 5.41) is 2.61. The van der Waals surface area contributed by atoms with Crippen molar-refractivity contribution in [3.05, 3.63) is 28.2 Å². The van der Waals surface area contributed by atoms with E-state index in [2.05, 4.69) is 15.3 Å². The van der Waals surface area contributed by atoms with Gasteiger partial charge in [0.1, 0.15) is 0 Å². The molecule has 1 aliphatic heterocycles. The third kappa shape index (κ3) is 1.70. The molecule has 2 aromatic rings. The summed E-state index contributed by atoms with van der Waals surface area (Å²) in [6, 6.07) is 3.24. The van der Waals surface area contributed by atoms with Gasteiger partial charge in [0.15, 0.2) is 5.92 Å². The molecule has 1 aliphatic rings. The highest BCUT2D eigenvalue weighted by molar-refractivity contribution is 6.16. The zero-order valence-corrected chi connectivity index (χ0v) is 10.1. The van der Waals surface area contributed by atoms with Crippen LogP contribution in [0.25, 0.3) is 11.0 Å². The summed E-state index contributed by atoms with van der Waals surface area (Å²) in [5.41, 5.74) is 1.83. The molecule has 1 amide bonds. The number of anilines is 1. The fourth-order valence-corrected chi connectivity index (χ4v) is 2.25. The summed E-state index contributed by atoms with van der Waals surface area (Å²) in [5.74, 6) is -1.97. The van der Waals surface area contributed by atoms with Gasteiger partial charge in [-0.1, -0.05) is 0 Å². The minimum absolute atomic E-state index is 0.210. The van der Waals surface area contributed by atoms with Crippen molar-refractivity contribution in [1.29, 1.82) is 0 Å². The van der Waals surface area contributed by atoms with Crippen LogP contribution < -0.4 is 11.0 Å². The second kappa shape index (κ2) is 3.98. The van der Waals surface area contributed by atoms with Crippen LogP contribution in [-0.2, 0) is 14.3 Å². The fourth-order valence-electron chi connectivity index (χ4n) is 2.25. The molecule has 1 aromatic heterocycles. The minimum atomic E-state index is -0.974. The molecule has 1 aromatic carbocycles. The molecule has 7 nitrogen and oxygen atoms in total. The number of nitrogens with one attached hydrogen (secondary N) is 3. The summed E-state index contributed by atoms with van der Waals surface area (Å²) in [4.78, 5) is 40.0. The second-order valence-corrected chi connectivity index (χ2v) is 4.24. The van der Waals surface area contributed by atoms with Crippen LogP contribution in [0.5, 0.6) is 0 Å². The fraction of sp³-hybridized carbons (Fsp3) is 0.250. The molecule has 2 heterocycles. The highest BCUT2D eigenvalue weighted by Crippen LogP contribution is 2.35. The zero-order valence-electron chi connectivity index (χ0n) is 10.1. The third-order valence-corrected chi connectivity index (χ3v) is 3.04. The van der Waals surface area contributed by atoms with Crippen LogP contribution in [0.2, 0.25) is 0 Å². The Balaban J connectivity index is 2.13. The van der Waals surface area contributed by atoms with Crippen molar-refractivity contribution >= 4 is 28.6 Å². The molecule has 0 saturated carbocycles. The van der Waals surface area contributed by atoms with E-state index < -0.39 is 17.8 Å². The van der Waals surface area contributed by atoms with Gasteiger partial charge in [-0.2, -0.15) is 0 Å². The molecule has 0 fully saturated rings. The Hall–Kier alpha value is -2.57. The smallest absolute Gasteiger partial charge is 0.323 e. The number of H-pyrrole nitrogens is 2. The average molecular weight is 261 g/mol. The van der Waals surface area contributed by atoms with E-state index in [9.17, 15) is 14.4 Å². The highest BCUT2D eigenvalue weighted by Gasteiger charge is 2.38. The minimum Gasteiger partial charge on any atom is -0.465 e. The number of esters is 1. The lowest BCUT2D eigenvalue weighted by Gasteiger charge is -2.07. The van der Waals surface area contributed by atoms with Crippen molar-refractivity contribution < 1.29 is 14.3 Å². The molecule has 3 rings (SSSR count). The average Bonchev–Trinajstić information content (AvgIpc) is 2.83. The van der Waals surface area contributed by atoms with Gasteiger partial charge in [-0.05, 0) is 19.1 Å². The molecule has 7 heteroatoms. The second-order valence-electron chi connectivity index (χ2n) is 4.24. The Labute approximate surface area is 107 Å². The number of imidazole rings is 1. The van der Waals surface area contributed by atoms with Crippen molar-refractivity contribution in [1.82, 2.24) is 9.97 Å². The molecule has 0 spiro atoms. The van der Waals surface area contributed by atoms with Gasteiger partial charge in [0, 0.05) is 11.3 Å². The molecule has 0 saturated heterocycles. The maximum absolute atomic E-state index is 11.8. The van der Waals surface area contributed by atoms with Crippen molar-refractivity contribution in [3.63, 3.8) is 0 Å². The van der Waals surface area contributed by atoms with Crippen LogP contribution in [0.1, 0.15) is 18.4 Å². The number of benzene rings is 1. The Kier molecular flexibility index (Phi) is 2.41. The third-order valence-electron chi connectivity index (χ3n) is 3.04. The first-order valence-electron chi connectivity index (χ1n) is 5.83. The van der Waals surface area contributed by atoms with Crippen LogP contribution in [0.15, 0.2) is 16.9 Å². The summed E-state index contributed by atoms with van der Waals surface area (Å²) < 4.78 is 4.89. The summed E-state index contributed by atoms with van der Waals surface area (Å²) in [7, 11) is 0. The number of aromatic amines is 2. The molecular weight excluding hydrogens is 250 g/mol. The van der Waals surface area contributed by atoms with Gasteiger partial charge in [0.25, 0.3) is 0 Å². The SMILES string of the molecule is CCOC(=O)C1C(=O)Nc2cc3[nH]c(=O)[nH]c3cc21. The molecule has 98 valence electrons. The van der Waals surface area contributed by atoms with E-state index in [0.29, 0.717) is 22.3 Å². The summed E-state index contributed by atoms with van der Waals surface area (Å²) >= 11 is 0. The number of hydrogen-bond acceptors (Lipinski definition) is 4. The van der Waals surface area contributed by atoms with Gasteiger partial charge in [-0.25, -0.2) is 4.79 Å². The van der Waals surface area contributed by atoms with Gasteiger partial charge in [-0.15, -0.1) is 0 Å². The normalized spacial score (nSPS) is 17.3. The first-order valence-corrected chi connectivity index (χ1v) is 5.83. The number of rotatable bonds is 2. The molecule has 0 bridgehead atoms. The first-order chi connectivity index (χ1) is 9.10. The largest absolute Gasteiger partial charge is 0.465 e. The predicted molar refractivity (Wildman–Crippen MR) is 66.9 cm³/mol. The molecule has 19 heavy (non-hydrogen) atoms. The summed E-state index contributed by atoms with van der Waals surface area (Å²) in [6.45, 7) is 1.89.